The first-order valence-electron chi connectivity index (χ1n) is 5.57. The van der Waals surface area contributed by atoms with E-state index in [1.807, 2.05) is 0 Å². The predicted octanol–water partition coefficient (Wildman–Crippen LogP) is 2.76. The van der Waals surface area contributed by atoms with Crippen LogP contribution in [0.15, 0.2) is 30.3 Å². The van der Waals surface area contributed by atoms with E-state index in [1.54, 1.807) is 0 Å². The topological polar surface area (TPSA) is 12.0 Å². The standard InChI is InChI=1S/C13H19N/c1-13(9-5-6-10-14-13)11-12-7-3-2-4-8-12/h2-4,7-8,14H,5-6,9-11H2,1H3. The monoisotopic (exact) mass is 189 g/mol. The van der Waals surface area contributed by atoms with Crippen LogP contribution in [0, 0.1) is 0 Å². The van der Waals surface area contributed by atoms with Crippen LogP contribution in [0.1, 0.15) is 31.7 Å². The van der Waals surface area contributed by atoms with Gasteiger partial charge in [-0.1, -0.05) is 36.8 Å². The van der Waals surface area contributed by atoms with Gasteiger partial charge in [0.15, 0.2) is 0 Å². The Balaban J connectivity index is 2.02. The highest BCUT2D eigenvalue weighted by Gasteiger charge is 2.25. The summed E-state index contributed by atoms with van der Waals surface area (Å²) in [5, 5.41) is 3.64. The molecule has 1 heterocycles. The van der Waals surface area contributed by atoms with Crippen molar-refractivity contribution < 1.29 is 0 Å². The molecular formula is C13H19N. The Labute approximate surface area is 86.5 Å². The highest BCUT2D eigenvalue weighted by molar-refractivity contribution is 5.17. The molecule has 1 aliphatic heterocycles. The van der Waals surface area contributed by atoms with Crippen molar-refractivity contribution in [1.82, 2.24) is 5.32 Å². The first kappa shape index (κ1) is 9.72. The Kier molecular flexibility index (Phi) is 2.87. The Morgan fingerprint density at radius 3 is 2.64 bits per heavy atom. The van der Waals surface area contributed by atoms with Crippen LogP contribution in [0.2, 0.25) is 0 Å². The van der Waals surface area contributed by atoms with Crippen LogP contribution in [0.5, 0.6) is 0 Å². The van der Waals surface area contributed by atoms with Gasteiger partial charge in [-0.3, -0.25) is 0 Å². The van der Waals surface area contributed by atoms with Crippen molar-refractivity contribution >= 4 is 0 Å². The van der Waals surface area contributed by atoms with Gasteiger partial charge in [-0.2, -0.15) is 0 Å². The third-order valence-electron chi connectivity index (χ3n) is 3.14. The summed E-state index contributed by atoms with van der Waals surface area (Å²) in [5.41, 5.74) is 1.78. The summed E-state index contributed by atoms with van der Waals surface area (Å²) in [6.07, 6.45) is 5.18. The largest absolute Gasteiger partial charge is 0.311 e. The van der Waals surface area contributed by atoms with Gasteiger partial charge in [0.25, 0.3) is 0 Å². The molecule has 0 amide bonds. The molecule has 14 heavy (non-hydrogen) atoms. The number of benzene rings is 1. The molecule has 1 heteroatoms. The number of hydrogen-bond acceptors (Lipinski definition) is 1. The lowest BCUT2D eigenvalue weighted by atomic mass is 9.85. The van der Waals surface area contributed by atoms with Crippen molar-refractivity contribution in [3.05, 3.63) is 35.9 Å². The molecule has 0 radical (unpaired) electrons. The number of rotatable bonds is 2. The van der Waals surface area contributed by atoms with E-state index in [0.717, 1.165) is 6.42 Å². The fourth-order valence-corrected chi connectivity index (χ4v) is 2.32. The third-order valence-corrected chi connectivity index (χ3v) is 3.14. The molecule has 1 nitrogen and oxygen atoms in total. The molecule has 1 fully saturated rings. The van der Waals surface area contributed by atoms with Gasteiger partial charge in [0.2, 0.25) is 0 Å². The quantitative estimate of drug-likeness (QED) is 0.754. The molecule has 0 aromatic heterocycles. The molecule has 0 bridgehead atoms. The Hall–Kier alpha value is -0.820. The van der Waals surface area contributed by atoms with Crippen LogP contribution in [-0.2, 0) is 6.42 Å². The van der Waals surface area contributed by atoms with Crippen LogP contribution < -0.4 is 5.32 Å². The molecule has 76 valence electrons. The van der Waals surface area contributed by atoms with E-state index >= 15 is 0 Å². The van der Waals surface area contributed by atoms with Gasteiger partial charge in [0, 0.05) is 5.54 Å². The van der Waals surface area contributed by atoms with Crippen molar-refractivity contribution in [2.75, 3.05) is 6.54 Å². The van der Waals surface area contributed by atoms with Gasteiger partial charge in [-0.05, 0) is 38.3 Å². The fraction of sp³-hybridized carbons (Fsp3) is 0.538. The average Bonchev–Trinajstić information content (AvgIpc) is 2.19. The zero-order valence-electron chi connectivity index (χ0n) is 8.92. The van der Waals surface area contributed by atoms with Crippen molar-refractivity contribution in [2.45, 2.75) is 38.1 Å². The smallest absolute Gasteiger partial charge is 0.0193 e. The lowest BCUT2D eigenvalue weighted by Crippen LogP contribution is -2.47. The van der Waals surface area contributed by atoms with Gasteiger partial charge in [0.05, 0.1) is 0 Å². The van der Waals surface area contributed by atoms with E-state index in [9.17, 15) is 0 Å². The second-order valence-corrected chi connectivity index (χ2v) is 4.61. The average molecular weight is 189 g/mol. The maximum atomic E-state index is 3.64. The number of piperidine rings is 1. The van der Waals surface area contributed by atoms with Crippen molar-refractivity contribution in [2.24, 2.45) is 0 Å². The second kappa shape index (κ2) is 4.14. The van der Waals surface area contributed by atoms with E-state index in [-0.39, 0.29) is 0 Å². The molecule has 1 atom stereocenters. The Bertz CT molecular complexity index is 273. The van der Waals surface area contributed by atoms with E-state index in [2.05, 4.69) is 42.6 Å². The summed E-state index contributed by atoms with van der Waals surface area (Å²) in [7, 11) is 0. The van der Waals surface area contributed by atoms with E-state index in [0.29, 0.717) is 5.54 Å². The summed E-state index contributed by atoms with van der Waals surface area (Å²) >= 11 is 0. The maximum Gasteiger partial charge on any atom is 0.0193 e. The molecule has 0 spiro atoms. The van der Waals surface area contributed by atoms with Crippen molar-refractivity contribution in [3.8, 4) is 0 Å². The summed E-state index contributed by atoms with van der Waals surface area (Å²) in [4.78, 5) is 0. The first-order valence-corrected chi connectivity index (χ1v) is 5.57. The van der Waals surface area contributed by atoms with E-state index in [1.165, 1.54) is 31.4 Å². The molecule has 0 saturated carbocycles. The molecule has 1 aromatic rings. The lowest BCUT2D eigenvalue weighted by molar-refractivity contribution is 0.276. The zero-order chi connectivity index (χ0) is 9.86. The second-order valence-electron chi connectivity index (χ2n) is 4.61. The van der Waals surface area contributed by atoms with Crippen molar-refractivity contribution in [3.63, 3.8) is 0 Å². The minimum atomic E-state index is 0.333. The molecular weight excluding hydrogens is 170 g/mol. The van der Waals surface area contributed by atoms with E-state index in [4.69, 9.17) is 0 Å². The van der Waals surface area contributed by atoms with Gasteiger partial charge in [-0.25, -0.2) is 0 Å². The number of hydrogen-bond donors (Lipinski definition) is 1. The molecule has 2 rings (SSSR count). The highest BCUT2D eigenvalue weighted by atomic mass is 15.0. The third kappa shape index (κ3) is 2.36. The lowest BCUT2D eigenvalue weighted by Gasteiger charge is -2.35. The van der Waals surface area contributed by atoms with Crippen molar-refractivity contribution in [1.29, 1.82) is 0 Å². The van der Waals surface area contributed by atoms with Crippen LogP contribution in [0.3, 0.4) is 0 Å². The van der Waals surface area contributed by atoms with Crippen LogP contribution in [0.25, 0.3) is 0 Å². The summed E-state index contributed by atoms with van der Waals surface area (Å²) in [6, 6.07) is 10.8. The maximum absolute atomic E-state index is 3.64. The minimum absolute atomic E-state index is 0.333. The summed E-state index contributed by atoms with van der Waals surface area (Å²) in [5.74, 6) is 0. The van der Waals surface area contributed by atoms with Gasteiger partial charge < -0.3 is 5.32 Å². The van der Waals surface area contributed by atoms with Crippen LogP contribution in [-0.4, -0.2) is 12.1 Å². The fourth-order valence-electron chi connectivity index (χ4n) is 2.32. The minimum Gasteiger partial charge on any atom is -0.311 e. The molecule has 1 unspecified atom stereocenters. The first-order chi connectivity index (χ1) is 6.79. The normalized spacial score (nSPS) is 27.5. The molecule has 1 N–H and O–H groups in total. The highest BCUT2D eigenvalue weighted by Crippen LogP contribution is 2.22. The Morgan fingerprint density at radius 2 is 2.00 bits per heavy atom. The predicted molar refractivity (Wildman–Crippen MR) is 60.4 cm³/mol. The Morgan fingerprint density at radius 1 is 1.21 bits per heavy atom. The van der Waals surface area contributed by atoms with Gasteiger partial charge in [-0.15, -0.1) is 0 Å². The molecule has 0 aliphatic carbocycles. The summed E-state index contributed by atoms with van der Waals surface area (Å²) < 4.78 is 0. The molecule has 1 saturated heterocycles. The van der Waals surface area contributed by atoms with E-state index < -0.39 is 0 Å². The molecule has 1 aliphatic rings. The SMILES string of the molecule is CC1(Cc2ccccc2)CCCCN1. The van der Waals surface area contributed by atoms with Gasteiger partial charge in [0.1, 0.15) is 0 Å². The van der Waals surface area contributed by atoms with Gasteiger partial charge >= 0.3 is 0 Å². The van der Waals surface area contributed by atoms with Crippen LogP contribution >= 0.6 is 0 Å². The zero-order valence-corrected chi connectivity index (χ0v) is 8.92. The number of nitrogens with one attached hydrogen (secondary N) is 1. The molecule has 1 aromatic carbocycles. The van der Waals surface area contributed by atoms with Crippen LogP contribution in [0.4, 0.5) is 0 Å². The summed E-state index contributed by atoms with van der Waals surface area (Å²) in [6.45, 7) is 3.53.